The molecule has 1 aliphatic rings. The van der Waals surface area contributed by atoms with E-state index in [9.17, 15) is 14.7 Å². The van der Waals surface area contributed by atoms with Crippen molar-refractivity contribution in [3.63, 3.8) is 0 Å². The van der Waals surface area contributed by atoms with Crippen molar-refractivity contribution in [2.75, 3.05) is 0 Å². The molecule has 2 N–H and O–H groups in total. The van der Waals surface area contributed by atoms with Crippen molar-refractivity contribution in [3.05, 3.63) is 106 Å². The highest BCUT2D eigenvalue weighted by molar-refractivity contribution is 6.30. The molecule has 7 heteroatoms. The third kappa shape index (κ3) is 4.82. The lowest BCUT2D eigenvalue weighted by Gasteiger charge is -2.29. The number of benzene rings is 3. The lowest BCUT2D eigenvalue weighted by Crippen LogP contribution is -2.53. The molecule has 6 nitrogen and oxygen atoms in total. The fourth-order valence-electron chi connectivity index (χ4n) is 3.07. The third-order valence-corrected chi connectivity index (χ3v) is 4.88. The van der Waals surface area contributed by atoms with E-state index < -0.39 is 5.91 Å². The summed E-state index contributed by atoms with van der Waals surface area (Å²) < 4.78 is 0. The molecule has 0 saturated heterocycles. The zero-order valence-electron chi connectivity index (χ0n) is 16.3. The van der Waals surface area contributed by atoms with Crippen molar-refractivity contribution in [2.24, 2.45) is 4.99 Å². The maximum Gasteiger partial charge on any atom is 0.288 e. The predicted octanol–water partition coefficient (Wildman–Crippen LogP) is 3.95. The second-order valence-corrected chi connectivity index (χ2v) is 7.33. The molecule has 0 atom stereocenters. The van der Waals surface area contributed by atoms with E-state index in [-0.39, 0.29) is 23.8 Å². The molecule has 2 amide bonds. The van der Waals surface area contributed by atoms with Gasteiger partial charge in [-0.3, -0.25) is 15.0 Å². The van der Waals surface area contributed by atoms with Gasteiger partial charge < -0.3 is 5.11 Å². The Morgan fingerprint density at radius 3 is 2.35 bits per heavy atom. The summed E-state index contributed by atoms with van der Waals surface area (Å²) >= 11 is 5.92. The first-order valence-corrected chi connectivity index (χ1v) is 9.90. The van der Waals surface area contributed by atoms with Gasteiger partial charge in [0, 0.05) is 10.6 Å². The Kier molecular flexibility index (Phi) is 5.82. The van der Waals surface area contributed by atoms with Crippen LogP contribution in [0.1, 0.15) is 16.7 Å². The third-order valence-electron chi connectivity index (χ3n) is 4.63. The van der Waals surface area contributed by atoms with Crippen molar-refractivity contribution in [1.82, 2.24) is 10.4 Å². The van der Waals surface area contributed by atoms with Gasteiger partial charge in [-0.05, 0) is 41.5 Å². The average Bonchev–Trinajstić information content (AvgIpc) is 2.78. The Labute approximate surface area is 184 Å². The van der Waals surface area contributed by atoms with Gasteiger partial charge in [0.25, 0.3) is 11.8 Å². The first-order chi connectivity index (χ1) is 15.0. The molecule has 0 saturated carbocycles. The lowest BCUT2D eigenvalue weighted by atomic mass is 10.1. The van der Waals surface area contributed by atoms with Crippen molar-refractivity contribution in [1.29, 1.82) is 0 Å². The standard InChI is InChI=1S/C24H18ClN3O3/c25-19-10-6-17(7-11-19)15-22(30)28-23(18-4-2-1-3-5-18)26-21(24(31)27-28)14-16-8-12-20(29)13-9-16/h1-14,29H,15H2,(H,27,31)/b21-14+. The van der Waals surface area contributed by atoms with E-state index in [1.807, 2.05) is 30.3 Å². The number of phenolic OH excluding ortho intramolecular Hbond substituents is 1. The largest absolute Gasteiger partial charge is 0.508 e. The van der Waals surface area contributed by atoms with Gasteiger partial charge in [0.15, 0.2) is 5.84 Å². The highest BCUT2D eigenvalue weighted by Gasteiger charge is 2.29. The number of carbonyl (C=O) groups is 2. The number of amidine groups is 1. The minimum Gasteiger partial charge on any atom is -0.508 e. The predicted molar refractivity (Wildman–Crippen MR) is 119 cm³/mol. The van der Waals surface area contributed by atoms with Crippen LogP contribution >= 0.6 is 11.6 Å². The van der Waals surface area contributed by atoms with E-state index >= 15 is 0 Å². The second kappa shape index (κ2) is 8.85. The highest BCUT2D eigenvalue weighted by Crippen LogP contribution is 2.19. The molecule has 154 valence electrons. The Hall–Kier alpha value is -3.90. The summed E-state index contributed by atoms with van der Waals surface area (Å²) in [6.45, 7) is 0. The number of nitrogens with zero attached hydrogens (tertiary/aromatic N) is 2. The number of hydrogen-bond acceptors (Lipinski definition) is 4. The smallest absolute Gasteiger partial charge is 0.288 e. The molecule has 3 aromatic carbocycles. The maximum absolute atomic E-state index is 13.0. The molecule has 4 rings (SSSR count). The van der Waals surface area contributed by atoms with Crippen molar-refractivity contribution >= 4 is 35.3 Å². The van der Waals surface area contributed by atoms with Crippen LogP contribution in [-0.4, -0.2) is 27.8 Å². The van der Waals surface area contributed by atoms with Crippen LogP contribution in [0.2, 0.25) is 5.02 Å². The van der Waals surface area contributed by atoms with E-state index in [1.165, 1.54) is 17.1 Å². The molecule has 0 spiro atoms. The molecule has 0 bridgehead atoms. The number of nitrogens with one attached hydrogen (secondary N) is 1. The topological polar surface area (TPSA) is 82.0 Å². The number of hydrazine groups is 1. The summed E-state index contributed by atoms with van der Waals surface area (Å²) in [5, 5.41) is 11.2. The lowest BCUT2D eigenvalue weighted by molar-refractivity contribution is -0.135. The minimum atomic E-state index is -0.503. The minimum absolute atomic E-state index is 0.0698. The van der Waals surface area contributed by atoms with Crippen LogP contribution in [0.4, 0.5) is 0 Å². The van der Waals surface area contributed by atoms with Gasteiger partial charge in [-0.1, -0.05) is 66.2 Å². The molecule has 0 aliphatic carbocycles. The molecule has 0 unspecified atom stereocenters. The molecular formula is C24H18ClN3O3. The Morgan fingerprint density at radius 1 is 1.00 bits per heavy atom. The number of phenols is 1. The summed E-state index contributed by atoms with van der Waals surface area (Å²) in [6.07, 6.45) is 1.67. The zero-order chi connectivity index (χ0) is 21.8. The number of halogens is 1. The van der Waals surface area contributed by atoms with Gasteiger partial charge >= 0.3 is 0 Å². The fraction of sp³-hybridized carbons (Fsp3) is 0.0417. The second-order valence-electron chi connectivity index (χ2n) is 6.90. The average molecular weight is 432 g/mol. The molecule has 1 heterocycles. The van der Waals surface area contributed by atoms with Crippen LogP contribution in [0.15, 0.2) is 89.6 Å². The molecule has 3 aromatic rings. The van der Waals surface area contributed by atoms with E-state index in [2.05, 4.69) is 10.4 Å². The van der Waals surface area contributed by atoms with Crippen LogP contribution in [-0.2, 0) is 16.0 Å². The molecule has 0 fully saturated rings. The van der Waals surface area contributed by atoms with Crippen LogP contribution in [0.5, 0.6) is 5.75 Å². The van der Waals surface area contributed by atoms with Gasteiger partial charge in [-0.25, -0.2) is 10.0 Å². The fourth-order valence-corrected chi connectivity index (χ4v) is 3.20. The van der Waals surface area contributed by atoms with Crippen LogP contribution in [0.3, 0.4) is 0 Å². The van der Waals surface area contributed by atoms with Crippen LogP contribution < -0.4 is 5.43 Å². The van der Waals surface area contributed by atoms with Crippen molar-refractivity contribution in [2.45, 2.75) is 6.42 Å². The quantitative estimate of drug-likeness (QED) is 0.614. The van der Waals surface area contributed by atoms with Crippen molar-refractivity contribution < 1.29 is 14.7 Å². The monoisotopic (exact) mass is 431 g/mol. The normalized spacial score (nSPS) is 14.9. The van der Waals surface area contributed by atoms with E-state index in [1.54, 1.807) is 42.5 Å². The summed E-state index contributed by atoms with van der Waals surface area (Å²) in [6, 6.07) is 22.5. The number of carbonyl (C=O) groups excluding carboxylic acids is 2. The summed E-state index contributed by atoms with van der Waals surface area (Å²) in [7, 11) is 0. The SMILES string of the molecule is O=C1NN(C(=O)Cc2ccc(Cl)cc2)C(c2ccccc2)=N/C1=C/c1ccc(O)cc1. The zero-order valence-corrected chi connectivity index (χ0v) is 17.1. The van der Waals surface area contributed by atoms with Gasteiger partial charge in [0.05, 0.1) is 6.42 Å². The summed E-state index contributed by atoms with van der Waals surface area (Å²) in [5.74, 6) is -0.383. The summed E-state index contributed by atoms with van der Waals surface area (Å²) in [5.41, 5.74) is 4.94. The van der Waals surface area contributed by atoms with Crippen LogP contribution in [0, 0.1) is 0 Å². The molecular weight excluding hydrogens is 414 g/mol. The van der Waals surface area contributed by atoms with Gasteiger partial charge in [0.2, 0.25) is 0 Å². The number of aromatic hydroxyl groups is 1. The Balaban J connectivity index is 1.70. The van der Waals surface area contributed by atoms with Crippen LogP contribution in [0.25, 0.3) is 6.08 Å². The first-order valence-electron chi connectivity index (χ1n) is 9.53. The van der Waals surface area contributed by atoms with Crippen molar-refractivity contribution in [3.8, 4) is 5.75 Å². The van der Waals surface area contributed by atoms with E-state index in [4.69, 9.17) is 11.6 Å². The number of amides is 2. The number of aliphatic imine (C=N–C) groups is 1. The summed E-state index contributed by atoms with van der Waals surface area (Å²) in [4.78, 5) is 30.2. The Morgan fingerprint density at radius 2 is 1.68 bits per heavy atom. The number of rotatable bonds is 4. The van der Waals surface area contributed by atoms with Gasteiger partial charge in [0.1, 0.15) is 11.4 Å². The molecule has 31 heavy (non-hydrogen) atoms. The molecule has 0 aromatic heterocycles. The van der Waals surface area contributed by atoms with E-state index in [0.717, 1.165) is 5.56 Å². The first kappa shape index (κ1) is 20.4. The van der Waals surface area contributed by atoms with Gasteiger partial charge in [-0.15, -0.1) is 0 Å². The number of hydrogen-bond donors (Lipinski definition) is 2. The molecule has 1 aliphatic heterocycles. The highest BCUT2D eigenvalue weighted by atomic mass is 35.5. The molecule has 0 radical (unpaired) electrons. The Bertz CT molecular complexity index is 1170. The maximum atomic E-state index is 13.0. The van der Waals surface area contributed by atoms with E-state index in [0.29, 0.717) is 22.0 Å². The van der Waals surface area contributed by atoms with Gasteiger partial charge in [-0.2, -0.15) is 0 Å².